The highest BCUT2D eigenvalue weighted by Crippen LogP contribution is 2.54. The van der Waals surface area contributed by atoms with E-state index >= 15 is 0 Å². The molecule has 2 heterocycles. The van der Waals surface area contributed by atoms with Gasteiger partial charge >= 0.3 is 0 Å². The molecule has 5 heteroatoms. The Hall–Kier alpha value is -1.91. The second-order valence-electron chi connectivity index (χ2n) is 6.11. The summed E-state index contributed by atoms with van der Waals surface area (Å²) in [5, 5.41) is 11.3. The number of carbonyl (C=O) groups is 1. The average molecular weight is 270 g/mol. The molecule has 5 nitrogen and oxygen atoms in total. The van der Waals surface area contributed by atoms with Crippen LogP contribution < -0.4 is 5.32 Å². The van der Waals surface area contributed by atoms with Crippen LogP contribution in [-0.4, -0.2) is 20.5 Å². The highest BCUT2D eigenvalue weighted by Gasteiger charge is 2.50. The molecule has 0 bridgehead atoms. The quantitative estimate of drug-likeness (QED) is 0.920. The van der Waals surface area contributed by atoms with Crippen LogP contribution in [0.25, 0.3) is 5.65 Å². The standard InChI is InChI=1S/C15H18N4O/c1-9-2-5-13-17-18-14(19(13)8-9)7-16-15(20)12-6-11(12)10-3-4-10/h2,5,8,10-12H,3-4,6-7H2,1H3,(H,16,20)/t11-,12+/m1/s1. The SMILES string of the molecule is Cc1ccc2nnc(CNC(=O)[C@H]3C[C@@H]3C3CC3)n2c1. The molecule has 2 aromatic heterocycles. The van der Waals surface area contributed by atoms with Gasteiger partial charge < -0.3 is 5.32 Å². The summed E-state index contributed by atoms with van der Waals surface area (Å²) in [7, 11) is 0. The molecule has 1 N–H and O–H groups in total. The lowest BCUT2D eigenvalue weighted by Crippen LogP contribution is -2.26. The zero-order chi connectivity index (χ0) is 13.7. The van der Waals surface area contributed by atoms with Gasteiger partial charge in [0.15, 0.2) is 11.5 Å². The van der Waals surface area contributed by atoms with Crippen molar-refractivity contribution in [1.29, 1.82) is 0 Å². The van der Waals surface area contributed by atoms with Gasteiger partial charge in [0.2, 0.25) is 5.91 Å². The molecule has 1 amide bonds. The maximum atomic E-state index is 12.1. The molecular weight excluding hydrogens is 252 g/mol. The van der Waals surface area contributed by atoms with Crippen LogP contribution in [0.3, 0.4) is 0 Å². The van der Waals surface area contributed by atoms with Gasteiger partial charge in [-0.3, -0.25) is 9.20 Å². The van der Waals surface area contributed by atoms with Crippen LogP contribution in [0.5, 0.6) is 0 Å². The molecule has 4 rings (SSSR count). The highest BCUT2D eigenvalue weighted by molar-refractivity contribution is 5.81. The van der Waals surface area contributed by atoms with E-state index in [0.717, 1.165) is 29.4 Å². The molecule has 0 aliphatic heterocycles. The third-order valence-corrected chi connectivity index (χ3v) is 4.45. The Kier molecular flexibility index (Phi) is 2.55. The fourth-order valence-electron chi connectivity index (χ4n) is 3.02. The van der Waals surface area contributed by atoms with Crippen LogP contribution in [0.15, 0.2) is 18.3 Å². The first-order chi connectivity index (χ1) is 9.72. The number of hydrogen-bond donors (Lipinski definition) is 1. The number of nitrogens with zero attached hydrogens (tertiary/aromatic N) is 3. The fraction of sp³-hybridized carbons (Fsp3) is 0.533. The number of aromatic nitrogens is 3. The Labute approximate surface area is 117 Å². The first-order valence-electron chi connectivity index (χ1n) is 7.30. The van der Waals surface area contributed by atoms with Crippen molar-refractivity contribution in [2.75, 3.05) is 0 Å². The van der Waals surface area contributed by atoms with E-state index in [-0.39, 0.29) is 11.8 Å². The molecule has 2 fully saturated rings. The van der Waals surface area contributed by atoms with Crippen LogP contribution >= 0.6 is 0 Å². The van der Waals surface area contributed by atoms with Crippen molar-refractivity contribution in [3.8, 4) is 0 Å². The Morgan fingerprint density at radius 3 is 3.05 bits per heavy atom. The topological polar surface area (TPSA) is 59.3 Å². The maximum Gasteiger partial charge on any atom is 0.223 e. The number of pyridine rings is 1. The van der Waals surface area contributed by atoms with Crippen molar-refractivity contribution in [3.63, 3.8) is 0 Å². The Bertz CT molecular complexity index is 674. The summed E-state index contributed by atoms with van der Waals surface area (Å²) < 4.78 is 1.95. The van der Waals surface area contributed by atoms with Gasteiger partial charge in [0.25, 0.3) is 0 Å². The summed E-state index contributed by atoms with van der Waals surface area (Å²) in [5.41, 5.74) is 1.97. The summed E-state index contributed by atoms with van der Waals surface area (Å²) in [6.07, 6.45) is 5.72. The molecule has 0 aromatic carbocycles. The minimum absolute atomic E-state index is 0.186. The smallest absolute Gasteiger partial charge is 0.223 e. The molecule has 104 valence electrons. The monoisotopic (exact) mass is 270 g/mol. The van der Waals surface area contributed by atoms with E-state index < -0.39 is 0 Å². The number of rotatable bonds is 4. The van der Waals surface area contributed by atoms with Crippen molar-refractivity contribution in [3.05, 3.63) is 29.7 Å². The van der Waals surface area contributed by atoms with Gasteiger partial charge in [0, 0.05) is 12.1 Å². The number of nitrogens with one attached hydrogen (secondary N) is 1. The van der Waals surface area contributed by atoms with Gasteiger partial charge in [0.05, 0.1) is 6.54 Å². The number of aryl methyl sites for hydroxylation is 1. The fourth-order valence-corrected chi connectivity index (χ4v) is 3.02. The van der Waals surface area contributed by atoms with Gasteiger partial charge in [0.1, 0.15) is 0 Å². The number of carbonyl (C=O) groups excluding carboxylic acids is 1. The van der Waals surface area contributed by atoms with E-state index in [1.165, 1.54) is 12.8 Å². The lowest BCUT2D eigenvalue weighted by atomic mass is 10.2. The molecule has 2 aliphatic carbocycles. The van der Waals surface area contributed by atoms with Crippen molar-refractivity contribution in [1.82, 2.24) is 19.9 Å². The van der Waals surface area contributed by atoms with Crippen LogP contribution in [0.1, 0.15) is 30.7 Å². The highest BCUT2D eigenvalue weighted by atomic mass is 16.2. The molecular formula is C15H18N4O. The van der Waals surface area contributed by atoms with Crippen LogP contribution in [0, 0.1) is 24.7 Å². The summed E-state index contributed by atoms with van der Waals surface area (Å²) >= 11 is 0. The number of fused-ring (bicyclic) bond motifs is 1. The minimum atomic E-state index is 0.186. The zero-order valence-corrected chi connectivity index (χ0v) is 11.5. The normalized spacial score (nSPS) is 24.9. The lowest BCUT2D eigenvalue weighted by molar-refractivity contribution is -0.122. The average Bonchev–Trinajstić information content (AvgIpc) is 3.32. The van der Waals surface area contributed by atoms with E-state index in [9.17, 15) is 4.79 Å². The molecule has 0 saturated heterocycles. The molecule has 20 heavy (non-hydrogen) atoms. The molecule has 0 unspecified atom stereocenters. The first kappa shape index (κ1) is 11.9. The van der Waals surface area contributed by atoms with Gasteiger partial charge in [-0.25, -0.2) is 0 Å². The Morgan fingerprint density at radius 1 is 1.40 bits per heavy atom. The summed E-state index contributed by atoms with van der Waals surface area (Å²) in [5.74, 6) is 2.73. The third kappa shape index (κ3) is 2.07. The van der Waals surface area contributed by atoms with Crippen LogP contribution in [0.2, 0.25) is 0 Å². The van der Waals surface area contributed by atoms with Crippen molar-refractivity contribution in [2.24, 2.45) is 17.8 Å². The van der Waals surface area contributed by atoms with E-state index in [2.05, 4.69) is 15.5 Å². The van der Waals surface area contributed by atoms with E-state index in [0.29, 0.717) is 12.5 Å². The molecule has 0 spiro atoms. The van der Waals surface area contributed by atoms with Gasteiger partial charge in [-0.15, -0.1) is 10.2 Å². The summed E-state index contributed by atoms with van der Waals surface area (Å²) in [4.78, 5) is 12.1. The number of hydrogen-bond acceptors (Lipinski definition) is 3. The molecule has 2 aromatic rings. The zero-order valence-electron chi connectivity index (χ0n) is 11.5. The first-order valence-corrected chi connectivity index (χ1v) is 7.30. The van der Waals surface area contributed by atoms with Gasteiger partial charge in [-0.05, 0) is 49.7 Å². The van der Waals surface area contributed by atoms with E-state index in [1.54, 1.807) is 0 Å². The van der Waals surface area contributed by atoms with Crippen molar-refractivity contribution >= 4 is 11.6 Å². The van der Waals surface area contributed by atoms with E-state index in [4.69, 9.17) is 0 Å². The molecule has 2 aliphatic rings. The second-order valence-corrected chi connectivity index (χ2v) is 6.11. The largest absolute Gasteiger partial charge is 0.349 e. The van der Waals surface area contributed by atoms with Crippen LogP contribution in [-0.2, 0) is 11.3 Å². The van der Waals surface area contributed by atoms with E-state index in [1.807, 2.05) is 29.7 Å². The lowest BCUT2D eigenvalue weighted by Gasteiger charge is -2.04. The summed E-state index contributed by atoms with van der Waals surface area (Å²) in [6.45, 7) is 2.49. The minimum Gasteiger partial charge on any atom is -0.349 e. The maximum absolute atomic E-state index is 12.1. The summed E-state index contributed by atoms with van der Waals surface area (Å²) in [6, 6.07) is 3.95. The third-order valence-electron chi connectivity index (χ3n) is 4.45. The van der Waals surface area contributed by atoms with Crippen molar-refractivity contribution in [2.45, 2.75) is 32.7 Å². The predicted molar refractivity (Wildman–Crippen MR) is 73.9 cm³/mol. The molecule has 2 saturated carbocycles. The van der Waals surface area contributed by atoms with Gasteiger partial charge in [-0.1, -0.05) is 6.07 Å². The molecule has 2 atom stereocenters. The second kappa shape index (κ2) is 4.30. The number of amides is 1. The van der Waals surface area contributed by atoms with Gasteiger partial charge in [-0.2, -0.15) is 0 Å². The Morgan fingerprint density at radius 2 is 2.25 bits per heavy atom. The van der Waals surface area contributed by atoms with Crippen molar-refractivity contribution < 1.29 is 4.79 Å². The Balaban J connectivity index is 1.43. The van der Waals surface area contributed by atoms with Crippen LogP contribution in [0.4, 0.5) is 0 Å². The predicted octanol–water partition coefficient (Wildman–Crippen LogP) is 1.70. The molecule has 0 radical (unpaired) electrons.